The Labute approximate surface area is 145 Å². The molecule has 0 aliphatic heterocycles. The third-order valence-corrected chi connectivity index (χ3v) is 4.16. The first-order chi connectivity index (χ1) is 12.0. The molecule has 128 valence electrons. The van der Waals surface area contributed by atoms with Crippen LogP contribution in [0.2, 0.25) is 0 Å². The van der Waals surface area contributed by atoms with Crippen LogP contribution in [0.1, 0.15) is 37.9 Å². The smallest absolute Gasteiger partial charge is 0.342 e. The second kappa shape index (κ2) is 6.81. The summed E-state index contributed by atoms with van der Waals surface area (Å²) in [7, 11) is 0. The maximum absolute atomic E-state index is 12.5. The number of benzene rings is 1. The van der Waals surface area contributed by atoms with Crippen LogP contribution in [0, 0.1) is 20.8 Å². The van der Waals surface area contributed by atoms with Gasteiger partial charge in [0.15, 0.2) is 6.61 Å². The molecule has 0 radical (unpaired) electrons. The van der Waals surface area contributed by atoms with Crippen LogP contribution in [-0.4, -0.2) is 22.9 Å². The van der Waals surface area contributed by atoms with Crippen molar-refractivity contribution in [2.75, 3.05) is 6.61 Å². The van der Waals surface area contributed by atoms with Crippen molar-refractivity contribution in [3.8, 4) is 5.69 Å². The first-order valence-electron chi connectivity index (χ1n) is 7.98. The number of nitrogens with zero attached hydrogens (tertiary/aromatic N) is 1. The molecule has 1 aromatic carbocycles. The first kappa shape index (κ1) is 16.8. The fraction of sp³-hybridized carbons (Fsp3) is 0.200. The second-order valence-corrected chi connectivity index (χ2v) is 5.85. The normalized spacial score (nSPS) is 10.7. The van der Waals surface area contributed by atoms with Crippen molar-refractivity contribution < 1.29 is 18.7 Å². The molecule has 5 nitrogen and oxygen atoms in total. The summed E-state index contributed by atoms with van der Waals surface area (Å²) in [6, 6.07) is 13.2. The number of hydrogen-bond acceptors (Lipinski definition) is 4. The van der Waals surface area contributed by atoms with E-state index in [1.807, 2.05) is 54.8 Å². The average Bonchev–Trinajstić information content (AvgIpc) is 3.16. The average molecular weight is 337 g/mol. The lowest BCUT2D eigenvalue weighted by Gasteiger charge is -2.09. The summed E-state index contributed by atoms with van der Waals surface area (Å²) in [5, 5.41) is 0. The van der Waals surface area contributed by atoms with Gasteiger partial charge in [0.1, 0.15) is 11.3 Å². The maximum atomic E-state index is 12.5. The van der Waals surface area contributed by atoms with Crippen molar-refractivity contribution >= 4 is 11.8 Å². The summed E-state index contributed by atoms with van der Waals surface area (Å²) >= 11 is 0. The van der Waals surface area contributed by atoms with E-state index in [0.29, 0.717) is 16.9 Å². The molecule has 0 fully saturated rings. The van der Waals surface area contributed by atoms with E-state index in [2.05, 4.69) is 0 Å². The van der Waals surface area contributed by atoms with Crippen molar-refractivity contribution in [2.45, 2.75) is 20.8 Å². The molecular weight excluding hydrogens is 318 g/mol. The van der Waals surface area contributed by atoms with Gasteiger partial charge in [-0.05, 0) is 45.0 Å². The van der Waals surface area contributed by atoms with Gasteiger partial charge in [0, 0.05) is 22.6 Å². The summed E-state index contributed by atoms with van der Waals surface area (Å²) in [4.78, 5) is 24.5. The van der Waals surface area contributed by atoms with Crippen LogP contribution in [-0.2, 0) is 4.74 Å². The van der Waals surface area contributed by atoms with Crippen LogP contribution >= 0.6 is 0 Å². The molecule has 0 amide bonds. The molecule has 0 N–H and O–H groups in total. The number of esters is 1. The lowest BCUT2D eigenvalue weighted by molar-refractivity contribution is 0.0472. The Morgan fingerprint density at radius 3 is 2.40 bits per heavy atom. The molecule has 5 heteroatoms. The number of ketones is 1. The van der Waals surface area contributed by atoms with Crippen LogP contribution in [0.4, 0.5) is 0 Å². The third kappa shape index (κ3) is 3.26. The molecule has 3 rings (SSSR count). The fourth-order valence-corrected chi connectivity index (χ4v) is 2.90. The number of rotatable bonds is 5. The number of hydrogen-bond donors (Lipinski definition) is 0. The number of para-hydroxylation sites is 1. The molecule has 0 unspecified atom stereocenters. The maximum Gasteiger partial charge on any atom is 0.342 e. The van der Waals surface area contributed by atoms with E-state index >= 15 is 0 Å². The van der Waals surface area contributed by atoms with Gasteiger partial charge in [-0.25, -0.2) is 4.79 Å². The Kier molecular flexibility index (Phi) is 4.57. The highest BCUT2D eigenvalue weighted by Crippen LogP contribution is 2.21. The number of furan rings is 1. The summed E-state index contributed by atoms with van der Waals surface area (Å²) in [5.74, 6) is -0.319. The van der Waals surface area contributed by atoms with E-state index in [4.69, 9.17) is 9.15 Å². The van der Waals surface area contributed by atoms with Gasteiger partial charge >= 0.3 is 5.97 Å². The van der Waals surface area contributed by atoms with Crippen LogP contribution < -0.4 is 0 Å². The molecule has 0 atom stereocenters. The number of Topliss-reactive ketones (excluding diaryl/α,β-unsaturated/α-hetero) is 1. The quantitative estimate of drug-likeness (QED) is 0.521. The Bertz CT molecular complexity index is 919. The van der Waals surface area contributed by atoms with Crippen molar-refractivity contribution in [2.24, 2.45) is 0 Å². The zero-order valence-electron chi connectivity index (χ0n) is 14.4. The number of ether oxygens (including phenoxy) is 1. The van der Waals surface area contributed by atoms with Gasteiger partial charge in [-0.1, -0.05) is 18.2 Å². The monoisotopic (exact) mass is 337 g/mol. The van der Waals surface area contributed by atoms with Gasteiger partial charge < -0.3 is 13.7 Å². The van der Waals surface area contributed by atoms with Crippen LogP contribution in [0.3, 0.4) is 0 Å². The van der Waals surface area contributed by atoms with E-state index in [1.54, 1.807) is 6.92 Å². The van der Waals surface area contributed by atoms with Gasteiger partial charge in [0.2, 0.25) is 5.78 Å². The highest BCUT2D eigenvalue weighted by molar-refractivity contribution is 6.00. The van der Waals surface area contributed by atoms with Gasteiger partial charge in [0.25, 0.3) is 0 Å². The Hall–Kier alpha value is -3.08. The zero-order chi connectivity index (χ0) is 18.0. The molecule has 0 aliphatic rings. The van der Waals surface area contributed by atoms with E-state index in [1.165, 1.54) is 12.3 Å². The Morgan fingerprint density at radius 1 is 1.04 bits per heavy atom. The molecule has 0 saturated carbocycles. The lowest BCUT2D eigenvalue weighted by Crippen LogP contribution is -2.15. The van der Waals surface area contributed by atoms with Crippen LogP contribution in [0.25, 0.3) is 5.69 Å². The number of aromatic nitrogens is 1. The standard InChI is InChI=1S/C20H19NO4/c1-13-11-18(14(2)21(13)16-7-5-4-6-8-16)19(22)12-25-20(23)17-9-10-24-15(17)3/h4-11H,12H2,1-3H3. The number of carbonyl (C=O) groups excluding carboxylic acids is 2. The van der Waals surface area contributed by atoms with E-state index in [9.17, 15) is 9.59 Å². The summed E-state index contributed by atoms with van der Waals surface area (Å²) < 4.78 is 12.2. The second-order valence-electron chi connectivity index (χ2n) is 5.85. The molecule has 2 aromatic heterocycles. The lowest BCUT2D eigenvalue weighted by atomic mass is 10.1. The van der Waals surface area contributed by atoms with Crippen molar-refractivity contribution in [1.29, 1.82) is 0 Å². The Morgan fingerprint density at radius 2 is 1.76 bits per heavy atom. The first-order valence-corrected chi connectivity index (χ1v) is 7.98. The van der Waals surface area contributed by atoms with Crippen LogP contribution in [0.5, 0.6) is 0 Å². The predicted molar refractivity (Wildman–Crippen MR) is 93.3 cm³/mol. The molecular formula is C20H19NO4. The molecule has 0 bridgehead atoms. The van der Waals surface area contributed by atoms with Crippen molar-refractivity contribution in [3.63, 3.8) is 0 Å². The largest absolute Gasteiger partial charge is 0.469 e. The minimum absolute atomic E-state index is 0.232. The molecule has 0 spiro atoms. The van der Waals surface area contributed by atoms with Crippen molar-refractivity contribution in [3.05, 3.63) is 77.0 Å². The van der Waals surface area contributed by atoms with Gasteiger partial charge in [-0.2, -0.15) is 0 Å². The fourth-order valence-electron chi connectivity index (χ4n) is 2.90. The molecule has 3 aromatic rings. The SMILES string of the molecule is Cc1occc1C(=O)OCC(=O)c1cc(C)n(-c2ccccc2)c1C. The molecule has 0 aliphatic carbocycles. The van der Waals surface area contributed by atoms with Crippen LogP contribution in [0.15, 0.2) is 53.1 Å². The zero-order valence-corrected chi connectivity index (χ0v) is 14.4. The van der Waals surface area contributed by atoms with E-state index in [0.717, 1.165) is 17.1 Å². The van der Waals surface area contributed by atoms with Crippen molar-refractivity contribution in [1.82, 2.24) is 4.57 Å². The minimum Gasteiger partial charge on any atom is -0.469 e. The summed E-state index contributed by atoms with van der Waals surface area (Å²) in [6.45, 7) is 5.20. The number of aryl methyl sites for hydroxylation is 2. The van der Waals surface area contributed by atoms with Gasteiger partial charge in [0.05, 0.1) is 6.26 Å². The molecule has 25 heavy (non-hydrogen) atoms. The summed E-state index contributed by atoms with van der Waals surface area (Å²) in [5.41, 5.74) is 3.65. The highest BCUT2D eigenvalue weighted by Gasteiger charge is 2.19. The third-order valence-electron chi connectivity index (χ3n) is 4.16. The Balaban J connectivity index is 1.77. The minimum atomic E-state index is -0.559. The molecule has 0 saturated heterocycles. The molecule has 2 heterocycles. The topological polar surface area (TPSA) is 61.4 Å². The van der Waals surface area contributed by atoms with Gasteiger partial charge in [-0.15, -0.1) is 0 Å². The van der Waals surface area contributed by atoms with Gasteiger partial charge in [-0.3, -0.25) is 4.79 Å². The van der Waals surface area contributed by atoms with E-state index in [-0.39, 0.29) is 12.4 Å². The number of carbonyl (C=O) groups is 2. The summed E-state index contributed by atoms with van der Waals surface area (Å²) in [6.07, 6.45) is 1.42. The van der Waals surface area contributed by atoms with E-state index < -0.39 is 5.97 Å². The highest BCUT2D eigenvalue weighted by atomic mass is 16.5. The predicted octanol–water partition coefficient (Wildman–Crippen LogP) is 4.04.